The number of carbonyl (C=O) groups is 3. The third-order valence-electron chi connectivity index (χ3n) is 5.88. The highest BCUT2D eigenvalue weighted by Gasteiger charge is 2.41. The highest BCUT2D eigenvalue weighted by atomic mass is 32.2. The highest BCUT2D eigenvalue weighted by Crippen LogP contribution is 2.32. The van der Waals surface area contributed by atoms with Gasteiger partial charge in [-0.2, -0.15) is 0 Å². The zero-order valence-electron chi connectivity index (χ0n) is 18.5. The molecule has 5 nitrogen and oxygen atoms in total. The third kappa shape index (κ3) is 5.60. The molecule has 2 aliphatic rings. The number of hydrogen-bond acceptors (Lipinski definition) is 5. The summed E-state index contributed by atoms with van der Waals surface area (Å²) in [5.74, 6) is -0.624. The summed E-state index contributed by atoms with van der Waals surface area (Å²) in [6, 6.07) is 14.5. The van der Waals surface area contributed by atoms with E-state index in [4.69, 9.17) is 12.2 Å². The van der Waals surface area contributed by atoms with Gasteiger partial charge in [0.05, 0.1) is 5.69 Å². The smallest absolute Gasteiger partial charge is 0.247 e. The van der Waals surface area contributed by atoms with Crippen LogP contribution in [-0.4, -0.2) is 45.2 Å². The molecule has 7 heteroatoms. The van der Waals surface area contributed by atoms with Gasteiger partial charge in [-0.15, -0.1) is 0 Å². The number of thioether (sulfide) groups is 1. The van der Waals surface area contributed by atoms with E-state index >= 15 is 0 Å². The van der Waals surface area contributed by atoms with Gasteiger partial charge in [0.25, 0.3) is 0 Å². The molecular weight excluding hydrogens is 452 g/mol. The summed E-state index contributed by atoms with van der Waals surface area (Å²) in [4.78, 5) is 41.4. The number of aryl methyl sites for hydroxylation is 1. The summed E-state index contributed by atoms with van der Waals surface area (Å²) in [6.45, 7) is 3.84. The lowest BCUT2D eigenvalue weighted by Gasteiger charge is -2.29. The van der Waals surface area contributed by atoms with Crippen molar-refractivity contribution in [2.45, 2.75) is 37.9 Å². The normalized spacial score (nSPS) is 18.9. The molecule has 4 rings (SSSR count). The maximum Gasteiger partial charge on any atom is 0.247 e. The second-order valence-corrected chi connectivity index (χ2v) is 10.2. The van der Waals surface area contributed by atoms with Crippen LogP contribution >= 0.6 is 24.0 Å². The van der Waals surface area contributed by atoms with Crippen LogP contribution in [-0.2, 0) is 9.59 Å². The molecule has 170 valence electrons. The van der Waals surface area contributed by atoms with Crippen molar-refractivity contribution in [1.82, 2.24) is 4.90 Å². The minimum absolute atomic E-state index is 0.136. The fourth-order valence-electron chi connectivity index (χ4n) is 3.96. The number of ketones is 1. The van der Waals surface area contributed by atoms with Crippen molar-refractivity contribution in [3.05, 3.63) is 71.3 Å². The van der Waals surface area contributed by atoms with Gasteiger partial charge < -0.3 is 4.90 Å². The van der Waals surface area contributed by atoms with Crippen molar-refractivity contribution < 1.29 is 14.4 Å². The van der Waals surface area contributed by atoms with Crippen LogP contribution in [0.15, 0.2) is 54.6 Å². The fraction of sp³-hybridized carbons (Fsp3) is 0.308. The first kappa shape index (κ1) is 23.4. The maximum absolute atomic E-state index is 13.0. The molecule has 0 aromatic heterocycles. The van der Waals surface area contributed by atoms with Crippen LogP contribution in [0.4, 0.5) is 5.69 Å². The van der Waals surface area contributed by atoms with E-state index in [-0.39, 0.29) is 24.0 Å². The van der Waals surface area contributed by atoms with E-state index in [2.05, 4.69) is 4.90 Å². The van der Waals surface area contributed by atoms with Crippen LogP contribution < -0.4 is 4.90 Å². The van der Waals surface area contributed by atoms with Gasteiger partial charge in [0.15, 0.2) is 5.78 Å². The Balaban J connectivity index is 1.39. The number of anilines is 1. The molecule has 0 aliphatic carbocycles. The lowest BCUT2D eigenvalue weighted by Crippen LogP contribution is -2.35. The molecule has 33 heavy (non-hydrogen) atoms. The van der Waals surface area contributed by atoms with Crippen molar-refractivity contribution >= 4 is 57.7 Å². The highest BCUT2D eigenvalue weighted by molar-refractivity contribution is 8.23. The summed E-state index contributed by atoms with van der Waals surface area (Å²) in [7, 11) is 0. The van der Waals surface area contributed by atoms with Crippen molar-refractivity contribution in [1.29, 1.82) is 0 Å². The maximum atomic E-state index is 13.0. The molecule has 0 bridgehead atoms. The average molecular weight is 479 g/mol. The summed E-state index contributed by atoms with van der Waals surface area (Å²) < 4.78 is 0.698. The Morgan fingerprint density at radius 3 is 2.33 bits per heavy atom. The van der Waals surface area contributed by atoms with Crippen LogP contribution in [0.25, 0.3) is 6.08 Å². The third-order valence-corrected chi connectivity index (χ3v) is 7.54. The Labute approximate surface area is 203 Å². The Bertz CT molecular complexity index is 1090. The first-order valence-electron chi connectivity index (χ1n) is 11.1. The van der Waals surface area contributed by atoms with E-state index in [1.54, 1.807) is 30.3 Å². The lowest BCUT2D eigenvalue weighted by molar-refractivity contribution is -0.121. The zero-order chi connectivity index (χ0) is 23.4. The van der Waals surface area contributed by atoms with Gasteiger partial charge in [0.1, 0.15) is 9.57 Å². The number of nitrogens with zero attached hydrogens (tertiary/aromatic N) is 2. The van der Waals surface area contributed by atoms with Crippen molar-refractivity contribution in [3.8, 4) is 0 Å². The SMILES string of the molecule is Cc1ccc(/C=C/C(=O)c2ccc(N3C(=O)C[C@H](SC(=S)N4CCCCC4)C3=O)cc2)cc1. The molecular formula is C26H26N2O3S2. The first-order valence-corrected chi connectivity index (χ1v) is 12.4. The van der Waals surface area contributed by atoms with Gasteiger partial charge in [-0.1, -0.05) is 59.9 Å². The summed E-state index contributed by atoms with van der Waals surface area (Å²) in [5, 5.41) is -0.495. The Morgan fingerprint density at radius 2 is 1.67 bits per heavy atom. The number of allylic oxidation sites excluding steroid dienone is 1. The Hall–Kier alpha value is -2.77. The van der Waals surface area contributed by atoms with Crippen LogP contribution in [0.2, 0.25) is 0 Å². The van der Waals surface area contributed by atoms with Gasteiger partial charge >= 0.3 is 0 Å². The van der Waals surface area contributed by atoms with Crippen molar-refractivity contribution in [3.63, 3.8) is 0 Å². The molecule has 0 radical (unpaired) electrons. The number of thiocarbonyl (C=S) groups is 1. The molecule has 2 saturated heterocycles. The van der Waals surface area contributed by atoms with Crippen LogP contribution in [0.1, 0.15) is 47.2 Å². The van der Waals surface area contributed by atoms with E-state index in [1.807, 2.05) is 31.2 Å². The van der Waals surface area contributed by atoms with E-state index < -0.39 is 5.25 Å². The first-order chi connectivity index (χ1) is 15.9. The molecule has 2 heterocycles. The van der Waals surface area contributed by atoms with Crippen LogP contribution in [0.5, 0.6) is 0 Å². The minimum Gasteiger partial charge on any atom is -0.358 e. The largest absolute Gasteiger partial charge is 0.358 e. The molecule has 0 N–H and O–H groups in total. The Kier molecular flexibility index (Phi) is 7.40. The molecule has 0 saturated carbocycles. The number of imide groups is 1. The van der Waals surface area contributed by atoms with Gasteiger partial charge in [-0.25, -0.2) is 4.90 Å². The second-order valence-electron chi connectivity index (χ2n) is 8.35. The van der Waals surface area contributed by atoms with E-state index in [1.165, 1.54) is 29.2 Å². The van der Waals surface area contributed by atoms with E-state index in [9.17, 15) is 14.4 Å². The summed E-state index contributed by atoms with van der Waals surface area (Å²) in [5.41, 5.74) is 3.09. The van der Waals surface area contributed by atoms with E-state index in [0.717, 1.165) is 37.1 Å². The fourth-order valence-corrected chi connectivity index (χ4v) is 5.50. The van der Waals surface area contributed by atoms with Gasteiger partial charge in [0, 0.05) is 25.1 Å². The molecule has 0 spiro atoms. The molecule has 2 fully saturated rings. The van der Waals surface area contributed by atoms with Crippen LogP contribution in [0.3, 0.4) is 0 Å². The van der Waals surface area contributed by atoms with Crippen molar-refractivity contribution in [2.75, 3.05) is 18.0 Å². The standard InChI is InChI=1S/C26H26N2O3S2/c1-18-5-7-19(8-6-18)9-14-22(29)20-10-12-21(13-11-20)28-24(30)17-23(25(28)31)33-26(32)27-15-3-2-4-16-27/h5-14,23H,2-4,15-17H2,1H3/b14-9+/t23-/m0/s1. The van der Waals surface area contributed by atoms with Gasteiger partial charge in [0.2, 0.25) is 11.8 Å². The predicted octanol–water partition coefficient (Wildman–Crippen LogP) is 5.03. The molecule has 2 aliphatic heterocycles. The topological polar surface area (TPSA) is 57.7 Å². The lowest BCUT2D eigenvalue weighted by atomic mass is 10.1. The Morgan fingerprint density at radius 1 is 1.00 bits per heavy atom. The second kappa shape index (κ2) is 10.4. The van der Waals surface area contributed by atoms with Crippen molar-refractivity contribution in [2.24, 2.45) is 0 Å². The molecule has 2 amide bonds. The molecule has 2 aromatic carbocycles. The summed E-state index contributed by atoms with van der Waals surface area (Å²) >= 11 is 6.85. The molecule has 2 aromatic rings. The van der Waals surface area contributed by atoms with Gasteiger partial charge in [-0.05, 0) is 62.1 Å². The molecule has 0 unspecified atom stereocenters. The number of rotatable bonds is 5. The van der Waals surface area contributed by atoms with Crippen LogP contribution in [0, 0.1) is 6.92 Å². The summed E-state index contributed by atoms with van der Waals surface area (Å²) in [6.07, 6.45) is 6.86. The van der Waals surface area contributed by atoms with Gasteiger partial charge in [-0.3, -0.25) is 14.4 Å². The number of piperidine rings is 1. The minimum atomic E-state index is -0.495. The number of hydrogen-bond donors (Lipinski definition) is 0. The molecule has 1 atom stereocenters. The average Bonchev–Trinajstić information content (AvgIpc) is 3.11. The monoisotopic (exact) mass is 478 g/mol. The number of benzene rings is 2. The number of likely N-dealkylation sites (tertiary alicyclic amines) is 1. The van der Waals surface area contributed by atoms with E-state index in [0.29, 0.717) is 15.6 Å². The number of carbonyl (C=O) groups excluding carboxylic acids is 3. The quantitative estimate of drug-likeness (QED) is 0.260. The zero-order valence-corrected chi connectivity index (χ0v) is 20.2. The number of amides is 2. The predicted molar refractivity (Wildman–Crippen MR) is 137 cm³/mol.